The molecule has 0 spiro atoms. The normalized spacial score (nSPS) is 12.8. The van der Waals surface area contributed by atoms with Gasteiger partial charge >= 0.3 is 0 Å². The quantitative estimate of drug-likeness (QED) is 0.130. The number of fused-ring (bicyclic) bond motifs is 1. The van der Waals surface area contributed by atoms with Crippen LogP contribution >= 0.6 is 0 Å². The summed E-state index contributed by atoms with van der Waals surface area (Å²) in [5.41, 5.74) is 8.19. The van der Waals surface area contributed by atoms with E-state index >= 15 is 0 Å². The summed E-state index contributed by atoms with van der Waals surface area (Å²) >= 11 is 0. The number of carbonyl (C=O) groups is 2. The summed E-state index contributed by atoms with van der Waals surface area (Å²) in [4.78, 5) is 27.3. The maximum absolute atomic E-state index is 13.3. The van der Waals surface area contributed by atoms with Gasteiger partial charge in [-0.1, -0.05) is 36.4 Å². The van der Waals surface area contributed by atoms with Gasteiger partial charge in [-0.2, -0.15) is 13.5 Å². The number of benzene rings is 3. The predicted molar refractivity (Wildman–Crippen MR) is 182 cm³/mol. The number of nitrogens with one attached hydrogen (secondary N) is 2. The topological polar surface area (TPSA) is 143 Å². The van der Waals surface area contributed by atoms with Crippen LogP contribution in [0, 0.1) is 13.8 Å². The van der Waals surface area contributed by atoms with Gasteiger partial charge in [-0.3, -0.25) is 18.8 Å². The van der Waals surface area contributed by atoms with Crippen molar-refractivity contribution in [3.05, 3.63) is 95.3 Å². The van der Waals surface area contributed by atoms with Crippen LogP contribution in [0.3, 0.4) is 0 Å². The monoisotopic (exact) mass is 659 g/mol. The second-order valence-corrected chi connectivity index (χ2v) is 13.3. The number of anilines is 2. The molecule has 1 aromatic heterocycles. The average Bonchev–Trinajstić information content (AvgIpc) is 3.51. The Morgan fingerprint density at radius 2 is 1.87 bits per heavy atom. The van der Waals surface area contributed by atoms with Crippen molar-refractivity contribution < 1.29 is 27.3 Å². The highest BCUT2D eigenvalue weighted by Gasteiger charge is 2.25. The molecule has 3 aromatic carbocycles. The van der Waals surface area contributed by atoms with Gasteiger partial charge in [-0.05, 0) is 85.2 Å². The van der Waals surface area contributed by atoms with Crippen molar-refractivity contribution in [2.45, 2.75) is 46.1 Å². The Labute approximate surface area is 275 Å². The Hall–Kier alpha value is -4.68. The number of carbonyl (C=O) groups excluding carboxylic acids is 2. The number of hydrogen-bond acceptors (Lipinski definition) is 7. The average molecular weight is 660 g/mol. The standard InChI is InChI=1S/C35H41N5O6S/c1-25-8-3-14-33(26(25)2)46-18-7-15-35(42)40-17-6-12-31-30(11-5-13-32(31)40)28-21-38-39(24-28)23-27-9-4-10-29(20-27)37-22-34(41)36-16-19-47(43,44)45/h3-5,8-11,13-14,20-21,24,37H,6-7,12,15-19,22-23H2,1-2H3,(H,36,41)(H,43,44,45). The first kappa shape index (κ1) is 33.7. The third-order valence-electron chi connectivity index (χ3n) is 8.25. The molecular weight excluding hydrogens is 618 g/mol. The maximum Gasteiger partial charge on any atom is 0.266 e. The Balaban J connectivity index is 1.18. The molecule has 0 radical (unpaired) electrons. The first-order valence-electron chi connectivity index (χ1n) is 15.8. The molecule has 47 heavy (non-hydrogen) atoms. The Morgan fingerprint density at radius 3 is 2.70 bits per heavy atom. The fraction of sp³-hybridized carbons (Fsp3) is 0.343. The molecular formula is C35H41N5O6S. The molecule has 1 aliphatic heterocycles. The lowest BCUT2D eigenvalue weighted by atomic mass is 9.93. The molecule has 12 heteroatoms. The summed E-state index contributed by atoms with van der Waals surface area (Å²) in [6.45, 7) is 5.61. The van der Waals surface area contributed by atoms with Crippen LogP contribution in [-0.2, 0) is 32.7 Å². The van der Waals surface area contributed by atoms with E-state index in [0.717, 1.165) is 57.8 Å². The lowest BCUT2D eigenvalue weighted by Gasteiger charge is -2.31. The van der Waals surface area contributed by atoms with Crippen molar-refractivity contribution in [3.63, 3.8) is 0 Å². The van der Waals surface area contributed by atoms with E-state index in [0.29, 0.717) is 32.5 Å². The van der Waals surface area contributed by atoms with E-state index in [-0.39, 0.29) is 24.9 Å². The van der Waals surface area contributed by atoms with E-state index in [1.165, 1.54) is 5.56 Å². The predicted octanol–water partition coefficient (Wildman–Crippen LogP) is 4.77. The summed E-state index contributed by atoms with van der Waals surface area (Å²) in [6.07, 6.45) is 6.68. The zero-order valence-electron chi connectivity index (χ0n) is 26.7. The van der Waals surface area contributed by atoms with Gasteiger partial charge in [0.1, 0.15) is 5.75 Å². The lowest BCUT2D eigenvalue weighted by molar-refractivity contribution is -0.119. The first-order chi connectivity index (χ1) is 22.6. The number of amides is 2. The molecule has 0 atom stereocenters. The van der Waals surface area contributed by atoms with Crippen LogP contribution in [0.4, 0.5) is 11.4 Å². The summed E-state index contributed by atoms with van der Waals surface area (Å²) < 4.78 is 38.3. The highest BCUT2D eigenvalue weighted by molar-refractivity contribution is 7.85. The smallest absolute Gasteiger partial charge is 0.266 e. The molecule has 0 saturated heterocycles. The number of rotatable bonds is 14. The van der Waals surface area contributed by atoms with Gasteiger partial charge in [0.2, 0.25) is 11.8 Å². The summed E-state index contributed by atoms with van der Waals surface area (Å²) in [7, 11) is -4.13. The van der Waals surface area contributed by atoms with Crippen molar-refractivity contribution in [2.75, 3.05) is 42.2 Å². The highest BCUT2D eigenvalue weighted by atomic mass is 32.2. The lowest BCUT2D eigenvalue weighted by Crippen LogP contribution is -2.35. The number of ether oxygens (including phenoxy) is 1. The number of aryl methyl sites for hydroxylation is 1. The van der Waals surface area contributed by atoms with Gasteiger partial charge < -0.3 is 20.3 Å². The van der Waals surface area contributed by atoms with E-state index in [4.69, 9.17) is 9.29 Å². The van der Waals surface area contributed by atoms with Gasteiger partial charge in [0.15, 0.2) is 0 Å². The number of aromatic nitrogens is 2. The van der Waals surface area contributed by atoms with Crippen LogP contribution in [0.5, 0.6) is 5.75 Å². The van der Waals surface area contributed by atoms with Crippen LogP contribution in [0.1, 0.15) is 41.5 Å². The van der Waals surface area contributed by atoms with E-state index in [9.17, 15) is 18.0 Å². The molecule has 5 rings (SSSR count). The zero-order valence-corrected chi connectivity index (χ0v) is 27.6. The maximum atomic E-state index is 13.3. The van der Waals surface area contributed by atoms with Gasteiger partial charge in [0.05, 0.1) is 31.6 Å². The summed E-state index contributed by atoms with van der Waals surface area (Å²) in [5.74, 6) is 0.0536. The SMILES string of the molecule is Cc1cccc(OCCCC(=O)N2CCCc3c(-c4cnn(Cc5cccc(NCC(=O)NCCS(=O)(=O)O)c5)c4)cccc32)c1C. The van der Waals surface area contributed by atoms with Crippen LogP contribution in [0.15, 0.2) is 73.1 Å². The van der Waals surface area contributed by atoms with Crippen molar-refractivity contribution in [2.24, 2.45) is 0 Å². The molecule has 0 saturated carbocycles. The van der Waals surface area contributed by atoms with Gasteiger partial charge in [-0.25, -0.2) is 0 Å². The minimum Gasteiger partial charge on any atom is -0.493 e. The fourth-order valence-electron chi connectivity index (χ4n) is 5.70. The second kappa shape index (κ2) is 15.3. The van der Waals surface area contributed by atoms with Crippen molar-refractivity contribution in [1.82, 2.24) is 15.1 Å². The molecule has 0 unspecified atom stereocenters. The van der Waals surface area contributed by atoms with Crippen LogP contribution in [0.25, 0.3) is 11.1 Å². The third-order valence-corrected chi connectivity index (χ3v) is 8.97. The summed E-state index contributed by atoms with van der Waals surface area (Å²) in [6, 6.07) is 19.7. The zero-order chi connectivity index (χ0) is 33.4. The minimum absolute atomic E-state index is 0.0413. The van der Waals surface area contributed by atoms with Crippen LogP contribution in [0.2, 0.25) is 0 Å². The fourth-order valence-corrected chi connectivity index (χ4v) is 6.06. The van der Waals surface area contributed by atoms with Gasteiger partial charge in [0, 0.05) is 42.6 Å². The number of nitrogens with zero attached hydrogens (tertiary/aromatic N) is 3. The molecule has 1 aliphatic rings. The van der Waals surface area contributed by atoms with E-state index < -0.39 is 15.9 Å². The molecule has 0 bridgehead atoms. The first-order valence-corrected chi connectivity index (χ1v) is 17.4. The molecule has 11 nitrogen and oxygen atoms in total. The summed E-state index contributed by atoms with van der Waals surface area (Å²) in [5, 5.41) is 10.1. The molecule has 4 aromatic rings. The van der Waals surface area contributed by atoms with E-state index in [1.807, 2.05) is 77.4 Å². The minimum atomic E-state index is -4.13. The highest BCUT2D eigenvalue weighted by Crippen LogP contribution is 2.36. The van der Waals surface area contributed by atoms with Crippen molar-refractivity contribution >= 4 is 33.3 Å². The third kappa shape index (κ3) is 9.20. The molecule has 2 amide bonds. The van der Waals surface area contributed by atoms with Crippen molar-refractivity contribution in [3.8, 4) is 16.9 Å². The molecule has 248 valence electrons. The van der Waals surface area contributed by atoms with E-state index in [2.05, 4.69) is 34.8 Å². The second-order valence-electron chi connectivity index (χ2n) is 11.7. The Morgan fingerprint density at radius 1 is 1.06 bits per heavy atom. The van der Waals surface area contributed by atoms with Gasteiger partial charge in [-0.15, -0.1) is 0 Å². The number of hydrogen-bond donors (Lipinski definition) is 3. The van der Waals surface area contributed by atoms with Gasteiger partial charge in [0.25, 0.3) is 10.1 Å². The Bertz CT molecular complexity index is 1840. The molecule has 0 aliphatic carbocycles. The van der Waals surface area contributed by atoms with E-state index in [1.54, 1.807) is 0 Å². The molecule has 3 N–H and O–H groups in total. The molecule has 0 fully saturated rings. The van der Waals surface area contributed by atoms with Crippen molar-refractivity contribution in [1.29, 1.82) is 0 Å². The van der Waals surface area contributed by atoms with Crippen LogP contribution < -0.4 is 20.3 Å². The Kier molecular flexibility index (Phi) is 10.9. The van der Waals surface area contributed by atoms with Crippen LogP contribution in [-0.4, -0.2) is 66.6 Å². The molecule has 2 heterocycles. The largest absolute Gasteiger partial charge is 0.493 e.